The normalized spacial score (nSPS) is 11.2. The Bertz CT molecular complexity index is 726. The van der Waals surface area contributed by atoms with Gasteiger partial charge in [-0.1, -0.05) is 31.9 Å². The van der Waals surface area contributed by atoms with E-state index in [9.17, 15) is 4.79 Å². The van der Waals surface area contributed by atoms with Crippen molar-refractivity contribution in [2.24, 2.45) is 0 Å². The first-order chi connectivity index (χ1) is 20.7. The number of hydrogen-bond acceptors (Lipinski definition) is 12. The van der Waals surface area contributed by atoms with Crippen LogP contribution in [0.1, 0.15) is 32.6 Å². The van der Waals surface area contributed by atoms with Gasteiger partial charge in [0.25, 0.3) is 0 Å². The Hall–Kier alpha value is -2.03. The summed E-state index contributed by atoms with van der Waals surface area (Å²) >= 11 is 0. The number of benzene rings is 1. The lowest BCUT2D eigenvalue weighted by Crippen LogP contribution is -2.15. The molecule has 0 spiro atoms. The number of carbonyl (C=O) groups is 1. The fourth-order valence-corrected chi connectivity index (χ4v) is 3.27. The van der Waals surface area contributed by atoms with Gasteiger partial charge < -0.3 is 53.1 Å². The van der Waals surface area contributed by atoms with Crippen molar-refractivity contribution < 1.29 is 52.2 Å². The first-order valence-corrected chi connectivity index (χ1v) is 15.0. The molecule has 2 N–H and O–H groups in total. The summed E-state index contributed by atoms with van der Waals surface area (Å²) in [6.07, 6.45) is 3.49. The van der Waals surface area contributed by atoms with Crippen LogP contribution in [0.2, 0.25) is 0 Å². The molecule has 0 atom stereocenters. The second-order valence-corrected chi connectivity index (χ2v) is 8.96. The van der Waals surface area contributed by atoms with E-state index in [2.05, 4.69) is 6.92 Å². The highest BCUT2D eigenvalue weighted by atomic mass is 16.6. The number of rotatable bonds is 32. The number of esters is 1. The highest BCUT2D eigenvalue weighted by molar-refractivity contribution is 5.69. The zero-order valence-electron chi connectivity index (χ0n) is 25.4. The summed E-state index contributed by atoms with van der Waals surface area (Å²) in [5, 5.41) is 0. The average molecular weight is 604 g/mol. The second-order valence-electron chi connectivity index (χ2n) is 8.96. The van der Waals surface area contributed by atoms with Gasteiger partial charge in [0.1, 0.15) is 19.0 Å². The van der Waals surface area contributed by atoms with Crippen molar-refractivity contribution in [2.45, 2.75) is 32.6 Å². The Morgan fingerprint density at radius 1 is 0.548 bits per heavy atom. The molecule has 12 heteroatoms. The van der Waals surface area contributed by atoms with Crippen LogP contribution in [-0.4, -0.2) is 125 Å². The van der Waals surface area contributed by atoms with Gasteiger partial charge in [-0.2, -0.15) is 0 Å². The van der Waals surface area contributed by atoms with E-state index >= 15 is 0 Å². The van der Waals surface area contributed by atoms with Crippen LogP contribution in [0.5, 0.6) is 5.75 Å². The highest BCUT2D eigenvalue weighted by Crippen LogP contribution is 2.19. The maximum absolute atomic E-state index is 11.4. The van der Waals surface area contributed by atoms with E-state index in [-0.39, 0.29) is 12.6 Å². The Kier molecular flexibility index (Phi) is 27.5. The predicted octanol–water partition coefficient (Wildman–Crippen LogP) is 2.90. The number of unbranched alkanes of at least 4 members (excludes halogenated alkanes) is 2. The van der Waals surface area contributed by atoms with Gasteiger partial charge in [-0.15, -0.1) is 0 Å². The van der Waals surface area contributed by atoms with Crippen molar-refractivity contribution in [3.63, 3.8) is 0 Å². The molecule has 0 saturated heterocycles. The Morgan fingerprint density at radius 2 is 0.929 bits per heavy atom. The van der Waals surface area contributed by atoms with Crippen LogP contribution in [0.4, 0.5) is 5.69 Å². The van der Waals surface area contributed by atoms with Crippen LogP contribution in [0.15, 0.2) is 24.3 Å². The molecule has 1 aromatic rings. The number of ether oxygens (including phenoxy) is 10. The number of anilines is 1. The largest absolute Gasteiger partial charge is 0.489 e. The second kappa shape index (κ2) is 30.4. The van der Waals surface area contributed by atoms with Gasteiger partial charge in [0, 0.05) is 6.42 Å². The van der Waals surface area contributed by atoms with Gasteiger partial charge in [-0.3, -0.25) is 4.79 Å². The summed E-state index contributed by atoms with van der Waals surface area (Å²) in [4.78, 5) is 11.4. The molecule has 0 aromatic heterocycles. The maximum atomic E-state index is 11.4. The Morgan fingerprint density at radius 3 is 1.33 bits per heavy atom. The van der Waals surface area contributed by atoms with Gasteiger partial charge >= 0.3 is 5.97 Å². The first kappa shape index (κ1) is 38.0. The van der Waals surface area contributed by atoms with Crippen LogP contribution in [-0.2, 0) is 47.4 Å². The van der Waals surface area contributed by atoms with E-state index in [0.29, 0.717) is 130 Å². The zero-order valence-corrected chi connectivity index (χ0v) is 25.4. The van der Waals surface area contributed by atoms with E-state index in [1.807, 2.05) is 18.2 Å². The zero-order chi connectivity index (χ0) is 30.2. The summed E-state index contributed by atoms with van der Waals surface area (Å²) in [7, 11) is 0. The monoisotopic (exact) mass is 603 g/mol. The molecule has 1 aromatic carbocycles. The molecule has 0 aliphatic carbocycles. The molecule has 0 aliphatic rings. The quantitative estimate of drug-likeness (QED) is 0.0737. The van der Waals surface area contributed by atoms with Crippen LogP contribution in [0, 0.1) is 0 Å². The highest BCUT2D eigenvalue weighted by Gasteiger charge is 2.02. The topological polar surface area (TPSA) is 135 Å². The van der Waals surface area contributed by atoms with Crippen LogP contribution >= 0.6 is 0 Å². The molecule has 0 radical (unpaired) electrons. The minimum absolute atomic E-state index is 0.159. The van der Waals surface area contributed by atoms with Gasteiger partial charge in [0.2, 0.25) is 0 Å². The fourth-order valence-electron chi connectivity index (χ4n) is 3.27. The van der Waals surface area contributed by atoms with Gasteiger partial charge in [-0.25, -0.2) is 0 Å². The van der Waals surface area contributed by atoms with Gasteiger partial charge in [-0.05, 0) is 18.6 Å². The lowest BCUT2D eigenvalue weighted by Gasteiger charge is -2.09. The minimum atomic E-state index is -0.159. The molecule has 0 fully saturated rings. The summed E-state index contributed by atoms with van der Waals surface area (Å²) < 4.78 is 54.2. The number of nitrogens with two attached hydrogens (primary N) is 1. The number of nitrogen functional groups attached to an aromatic ring is 1. The van der Waals surface area contributed by atoms with E-state index in [1.165, 1.54) is 0 Å². The lowest BCUT2D eigenvalue weighted by atomic mass is 10.2. The van der Waals surface area contributed by atoms with Crippen molar-refractivity contribution in [2.75, 3.05) is 125 Å². The molecule has 0 heterocycles. The van der Waals surface area contributed by atoms with Crippen LogP contribution < -0.4 is 10.5 Å². The predicted molar refractivity (Wildman–Crippen MR) is 158 cm³/mol. The van der Waals surface area contributed by atoms with Crippen molar-refractivity contribution in [1.29, 1.82) is 0 Å². The van der Waals surface area contributed by atoms with Crippen molar-refractivity contribution >= 4 is 11.7 Å². The molecule has 12 nitrogen and oxygen atoms in total. The van der Waals surface area contributed by atoms with Crippen molar-refractivity contribution in [3.05, 3.63) is 24.3 Å². The van der Waals surface area contributed by atoms with Gasteiger partial charge in [0.05, 0.1) is 111 Å². The third kappa shape index (κ3) is 25.7. The molecule has 0 bridgehead atoms. The molecule has 0 unspecified atom stereocenters. The Labute approximate surface area is 251 Å². The van der Waals surface area contributed by atoms with Crippen LogP contribution in [0.3, 0.4) is 0 Å². The summed E-state index contributed by atoms with van der Waals surface area (Å²) in [6, 6.07) is 7.37. The molecular weight excluding hydrogens is 550 g/mol. The third-order valence-corrected chi connectivity index (χ3v) is 5.48. The van der Waals surface area contributed by atoms with Gasteiger partial charge in [0.15, 0.2) is 0 Å². The van der Waals surface area contributed by atoms with E-state index < -0.39 is 0 Å². The molecule has 244 valence electrons. The smallest absolute Gasteiger partial charge is 0.305 e. The summed E-state index contributed by atoms with van der Waals surface area (Å²) in [5.41, 5.74) is 6.43. The van der Waals surface area contributed by atoms with Crippen molar-refractivity contribution in [3.8, 4) is 5.75 Å². The molecule has 0 aliphatic heterocycles. The standard InChI is InChI=1S/C30H53NO11/c1-2-3-4-9-30(32)42-27-25-40-23-21-38-19-17-36-15-13-34-11-10-33-12-14-35-16-18-37-20-22-39-24-26-41-29-8-6-5-7-28(29)31/h5-8H,2-4,9-27,31H2,1H3. The SMILES string of the molecule is CCCCCC(=O)OCCOCCOCCOCCOCCOCCOCCOCCOCCOc1ccccc1N. The minimum Gasteiger partial charge on any atom is -0.489 e. The third-order valence-electron chi connectivity index (χ3n) is 5.48. The molecule has 0 amide bonds. The average Bonchev–Trinajstić information content (AvgIpc) is 2.99. The first-order valence-electron chi connectivity index (χ1n) is 15.0. The summed E-state index contributed by atoms with van der Waals surface area (Å²) in [5.74, 6) is 0.507. The fraction of sp³-hybridized carbons (Fsp3) is 0.767. The number of carbonyl (C=O) groups excluding carboxylic acids is 1. The number of hydrogen-bond donors (Lipinski definition) is 1. The van der Waals surface area contributed by atoms with E-state index in [0.717, 1.165) is 19.3 Å². The van der Waals surface area contributed by atoms with Crippen LogP contribution in [0.25, 0.3) is 0 Å². The Balaban J connectivity index is 1.66. The molecule has 1 rings (SSSR count). The maximum Gasteiger partial charge on any atom is 0.305 e. The lowest BCUT2D eigenvalue weighted by molar-refractivity contribution is -0.145. The molecule has 0 saturated carbocycles. The molecule has 42 heavy (non-hydrogen) atoms. The van der Waals surface area contributed by atoms with E-state index in [1.54, 1.807) is 6.07 Å². The number of para-hydroxylation sites is 2. The molecular formula is C30H53NO11. The van der Waals surface area contributed by atoms with E-state index in [4.69, 9.17) is 53.1 Å². The summed E-state index contributed by atoms with van der Waals surface area (Å²) in [6.45, 7) is 10.5. The van der Waals surface area contributed by atoms with Crippen molar-refractivity contribution in [1.82, 2.24) is 0 Å².